The van der Waals surface area contributed by atoms with Crippen LogP contribution in [0, 0.1) is 0 Å². The molecule has 148 valence electrons. The molecule has 1 heterocycles. The summed E-state index contributed by atoms with van der Waals surface area (Å²) in [5.41, 5.74) is -3.26. The fourth-order valence-corrected chi connectivity index (χ4v) is 3.67. The van der Waals surface area contributed by atoms with Crippen LogP contribution < -0.4 is 9.47 Å². The number of hydrogen-bond acceptors (Lipinski definition) is 5. The summed E-state index contributed by atoms with van der Waals surface area (Å²) in [6.07, 6.45) is 0.210. The van der Waals surface area contributed by atoms with Crippen molar-refractivity contribution in [1.82, 2.24) is 4.90 Å². The molecule has 0 radical (unpaired) electrons. The minimum Gasteiger partial charge on any atom is -0.496 e. The van der Waals surface area contributed by atoms with Gasteiger partial charge in [0.25, 0.3) is 11.8 Å². The normalized spacial score (nSPS) is 13.7. The maximum Gasteiger partial charge on any atom is 0.446 e. The van der Waals surface area contributed by atoms with Crippen LogP contribution in [-0.2, 0) is 6.42 Å². The second kappa shape index (κ2) is 7.75. The number of imide groups is 1. The molecule has 0 N–H and O–H groups in total. The largest absolute Gasteiger partial charge is 0.496 e. The minimum atomic E-state index is -4.47. The van der Waals surface area contributed by atoms with Crippen LogP contribution >= 0.6 is 11.8 Å². The summed E-state index contributed by atoms with van der Waals surface area (Å²) in [4.78, 5) is 25.9. The van der Waals surface area contributed by atoms with Gasteiger partial charge >= 0.3 is 5.51 Å². The first-order valence-corrected chi connectivity index (χ1v) is 9.02. The maximum atomic E-state index is 12.7. The fraction of sp³-hybridized carbons (Fsp3) is 0.263. The lowest BCUT2D eigenvalue weighted by Crippen LogP contribution is -2.31. The Morgan fingerprint density at radius 3 is 2.04 bits per heavy atom. The zero-order valence-electron chi connectivity index (χ0n) is 15.0. The number of methoxy groups -OCH3 is 2. The van der Waals surface area contributed by atoms with Gasteiger partial charge in [-0.1, -0.05) is 12.1 Å². The lowest BCUT2D eigenvalue weighted by atomic mass is 10.1. The highest BCUT2D eigenvalue weighted by Gasteiger charge is 2.35. The molecule has 0 atom stereocenters. The van der Waals surface area contributed by atoms with Crippen LogP contribution in [0.5, 0.6) is 11.5 Å². The first-order chi connectivity index (χ1) is 13.2. The monoisotopic (exact) mass is 411 g/mol. The van der Waals surface area contributed by atoms with Crippen LogP contribution in [0.3, 0.4) is 0 Å². The lowest BCUT2D eigenvalue weighted by molar-refractivity contribution is -0.0329. The number of nitrogens with zero attached hydrogens (tertiary/aromatic N) is 1. The molecule has 0 spiro atoms. The molecule has 0 bridgehead atoms. The minimum absolute atomic E-state index is 0.0421. The van der Waals surface area contributed by atoms with Gasteiger partial charge < -0.3 is 9.47 Å². The summed E-state index contributed by atoms with van der Waals surface area (Å²) in [5.74, 6) is -0.517. The van der Waals surface area contributed by atoms with E-state index in [0.29, 0.717) is 16.7 Å². The summed E-state index contributed by atoms with van der Waals surface area (Å²) < 4.78 is 48.5. The van der Waals surface area contributed by atoms with Crippen LogP contribution in [0.15, 0.2) is 41.3 Å². The first-order valence-electron chi connectivity index (χ1n) is 8.21. The molecule has 2 aromatic rings. The number of carbonyl (C=O) groups is 2. The smallest absolute Gasteiger partial charge is 0.446 e. The van der Waals surface area contributed by atoms with Gasteiger partial charge in [0.05, 0.1) is 30.2 Å². The molecule has 9 heteroatoms. The van der Waals surface area contributed by atoms with E-state index in [0.717, 1.165) is 4.90 Å². The molecule has 2 aromatic carbocycles. The Labute approximate surface area is 163 Å². The molecule has 0 saturated carbocycles. The molecular weight excluding hydrogens is 395 g/mol. The molecular formula is C19H16F3NO4S. The van der Waals surface area contributed by atoms with E-state index in [2.05, 4.69) is 0 Å². The molecule has 5 nitrogen and oxygen atoms in total. The van der Waals surface area contributed by atoms with Gasteiger partial charge in [-0.2, -0.15) is 13.2 Å². The van der Waals surface area contributed by atoms with Gasteiger partial charge in [0, 0.05) is 6.54 Å². The third-order valence-corrected chi connectivity index (χ3v) is 5.05. The number of rotatable bonds is 6. The van der Waals surface area contributed by atoms with Gasteiger partial charge in [-0.3, -0.25) is 14.5 Å². The third-order valence-electron chi connectivity index (χ3n) is 4.28. The van der Waals surface area contributed by atoms with E-state index in [-0.39, 0.29) is 41.1 Å². The summed E-state index contributed by atoms with van der Waals surface area (Å²) in [6.45, 7) is 0.0671. The highest BCUT2D eigenvalue weighted by molar-refractivity contribution is 8.00. The Hall–Kier alpha value is -2.68. The number of hydrogen-bond donors (Lipinski definition) is 0. The molecule has 0 aliphatic carbocycles. The van der Waals surface area contributed by atoms with Gasteiger partial charge in [-0.15, -0.1) is 0 Å². The number of amides is 2. The Kier molecular flexibility index (Phi) is 5.55. The third kappa shape index (κ3) is 3.94. The van der Waals surface area contributed by atoms with Crippen LogP contribution in [0.25, 0.3) is 0 Å². The molecule has 1 aliphatic heterocycles. The maximum absolute atomic E-state index is 12.7. The van der Waals surface area contributed by atoms with Crippen molar-refractivity contribution in [3.8, 4) is 11.5 Å². The average Bonchev–Trinajstić information content (AvgIpc) is 2.90. The number of benzene rings is 2. The molecule has 0 aromatic heterocycles. The van der Waals surface area contributed by atoms with E-state index >= 15 is 0 Å². The van der Waals surface area contributed by atoms with Gasteiger partial charge in [-0.05, 0) is 48.0 Å². The number of carbonyl (C=O) groups excluding carboxylic acids is 2. The van der Waals surface area contributed by atoms with Crippen LogP contribution in [0.1, 0.15) is 26.3 Å². The molecule has 0 saturated heterocycles. The van der Waals surface area contributed by atoms with Crippen molar-refractivity contribution < 1.29 is 32.2 Å². The predicted molar refractivity (Wildman–Crippen MR) is 97.0 cm³/mol. The highest BCUT2D eigenvalue weighted by Crippen LogP contribution is 2.44. The predicted octanol–water partition coefficient (Wildman–Crippen LogP) is 4.15. The number of alkyl halides is 3. The van der Waals surface area contributed by atoms with Crippen molar-refractivity contribution >= 4 is 23.6 Å². The van der Waals surface area contributed by atoms with Crippen molar-refractivity contribution in [2.45, 2.75) is 16.8 Å². The number of fused-ring (bicyclic) bond motifs is 1. The Bertz CT molecular complexity index is 895. The number of halogens is 3. The zero-order chi connectivity index (χ0) is 20.5. The van der Waals surface area contributed by atoms with Crippen molar-refractivity contribution in [3.05, 3.63) is 53.1 Å². The van der Waals surface area contributed by atoms with Crippen LogP contribution in [-0.4, -0.2) is 43.0 Å². The van der Waals surface area contributed by atoms with E-state index in [9.17, 15) is 22.8 Å². The summed E-state index contributed by atoms with van der Waals surface area (Å²) in [7, 11) is 2.62. The Morgan fingerprint density at radius 2 is 1.54 bits per heavy atom. The van der Waals surface area contributed by atoms with Crippen molar-refractivity contribution in [3.63, 3.8) is 0 Å². The number of thioether (sulfide) groups is 1. The second-order valence-electron chi connectivity index (χ2n) is 5.92. The summed E-state index contributed by atoms with van der Waals surface area (Å²) >= 11 is -0.298. The van der Waals surface area contributed by atoms with Gasteiger partial charge in [0.1, 0.15) is 11.5 Å². The Morgan fingerprint density at radius 1 is 0.964 bits per heavy atom. The molecule has 2 amide bonds. The first kappa shape index (κ1) is 20.1. The summed E-state index contributed by atoms with van der Waals surface area (Å²) in [6, 6.07) is 9.21. The fourth-order valence-electron chi connectivity index (χ4n) is 3.01. The molecule has 3 rings (SSSR count). The highest BCUT2D eigenvalue weighted by atomic mass is 32.2. The molecule has 0 fully saturated rings. The quantitative estimate of drug-likeness (QED) is 0.528. The average molecular weight is 411 g/mol. The Balaban J connectivity index is 1.83. The van der Waals surface area contributed by atoms with Gasteiger partial charge in [-0.25, -0.2) is 0 Å². The molecule has 1 aliphatic rings. The zero-order valence-corrected chi connectivity index (χ0v) is 15.8. The topological polar surface area (TPSA) is 55.8 Å². The van der Waals surface area contributed by atoms with Gasteiger partial charge in [0.15, 0.2) is 0 Å². The van der Waals surface area contributed by atoms with Crippen LogP contribution in [0.4, 0.5) is 13.2 Å². The standard InChI is InChI=1S/C19H16F3NO4S/c1-26-14-10-16(28-19(20,21)22)15(27-2)9-11(14)7-8-23-17(24)12-5-3-4-6-13(12)18(23)25/h3-6,9-10H,7-8H2,1-2H3. The van der Waals surface area contributed by atoms with Crippen molar-refractivity contribution in [2.75, 3.05) is 20.8 Å². The second-order valence-corrected chi connectivity index (χ2v) is 7.03. The van der Waals surface area contributed by atoms with Crippen molar-refractivity contribution in [1.29, 1.82) is 0 Å². The van der Waals surface area contributed by atoms with E-state index in [1.165, 1.54) is 26.4 Å². The molecule has 0 unspecified atom stereocenters. The van der Waals surface area contributed by atoms with E-state index in [4.69, 9.17) is 9.47 Å². The SMILES string of the molecule is COc1cc(SC(F)(F)F)c(OC)cc1CCN1C(=O)c2ccccc2C1=O. The van der Waals surface area contributed by atoms with E-state index in [1.807, 2.05) is 0 Å². The number of ether oxygens (including phenoxy) is 2. The van der Waals surface area contributed by atoms with E-state index < -0.39 is 17.3 Å². The summed E-state index contributed by atoms with van der Waals surface area (Å²) in [5, 5.41) is 0. The van der Waals surface area contributed by atoms with Crippen molar-refractivity contribution in [2.24, 2.45) is 0 Å². The van der Waals surface area contributed by atoms with E-state index in [1.54, 1.807) is 24.3 Å². The van der Waals surface area contributed by atoms with Gasteiger partial charge in [0.2, 0.25) is 0 Å². The molecule has 28 heavy (non-hydrogen) atoms. The van der Waals surface area contributed by atoms with Crippen LogP contribution in [0.2, 0.25) is 0 Å². The lowest BCUT2D eigenvalue weighted by Gasteiger charge is -2.18.